The van der Waals surface area contributed by atoms with Gasteiger partial charge in [-0.1, -0.05) is 80.5 Å². The fourth-order valence-corrected chi connectivity index (χ4v) is 11.2. The summed E-state index contributed by atoms with van der Waals surface area (Å²) in [5.41, 5.74) is 1.70. The Bertz CT molecular complexity index is 606. The molecule has 0 spiro atoms. The van der Waals surface area contributed by atoms with E-state index in [9.17, 15) is 0 Å². The Hall–Kier alpha value is 0.260. The third kappa shape index (κ3) is 5.50. The molecule has 2 nitrogen and oxygen atoms in total. The molecule has 0 amide bonds. The Morgan fingerprint density at radius 2 is 1.42 bits per heavy atom. The number of hydrogen-bond acceptors (Lipinski definition) is 2. The zero-order valence-electron chi connectivity index (χ0n) is 21.3. The molecule has 4 heteroatoms. The smallest absolute Gasteiger partial charge is 0.0370 e. The third-order valence-electron chi connectivity index (χ3n) is 8.86. The highest BCUT2D eigenvalue weighted by molar-refractivity contribution is 7.60. The van der Waals surface area contributed by atoms with E-state index in [0.717, 1.165) is 0 Å². The topological polar surface area (TPSA) is 24.1 Å². The van der Waals surface area contributed by atoms with E-state index in [1.807, 2.05) is 0 Å². The van der Waals surface area contributed by atoms with Gasteiger partial charge in [-0.25, -0.2) is 0 Å². The Kier molecular flexibility index (Phi) is 8.91. The van der Waals surface area contributed by atoms with Crippen LogP contribution in [0.25, 0.3) is 0 Å². The van der Waals surface area contributed by atoms with Crippen molar-refractivity contribution in [1.82, 2.24) is 10.6 Å². The van der Waals surface area contributed by atoms with E-state index in [2.05, 4.69) is 79.6 Å². The van der Waals surface area contributed by atoms with E-state index >= 15 is 0 Å². The number of rotatable bonds is 9. The first kappa shape index (κ1) is 25.9. The summed E-state index contributed by atoms with van der Waals surface area (Å²) in [4.78, 5) is 0. The average molecular weight is 465 g/mol. The highest BCUT2D eigenvalue weighted by atomic mass is 31.1. The molecule has 0 radical (unpaired) electrons. The van der Waals surface area contributed by atoms with Crippen LogP contribution in [0.1, 0.15) is 92.9 Å². The monoisotopic (exact) mass is 464 g/mol. The van der Waals surface area contributed by atoms with Crippen LogP contribution in [0.4, 0.5) is 0 Å². The van der Waals surface area contributed by atoms with E-state index < -0.39 is 0 Å². The van der Waals surface area contributed by atoms with Gasteiger partial charge in [0.1, 0.15) is 0 Å². The van der Waals surface area contributed by atoms with Gasteiger partial charge >= 0.3 is 0 Å². The second-order valence-corrected chi connectivity index (χ2v) is 16.1. The molecule has 2 saturated heterocycles. The molecule has 1 aliphatic carbocycles. The highest BCUT2D eigenvalue weighted by Crippen LogP contribution is 2.64. The van der Waals surface area contributed by atoms with Crippen molar-refractivity contribution in [1.29, 1.82) is 0 Å². The van der Waals surface area contributed by atoms with Gasteiger partial charge in [0, 0.05) is 23.2 Å². The lowest BCUT2D eigenvalue weighted by molar-refractivity contribution is 0.255. The predicted octanol–water partition coefficient (Wildman–Crippen LogP) is 6.86. The van der Waals surface area contributed by atoms with Gasteiger partial charge in [0.2, 0.25) is 0 Å². The van der Waals surface area contributed by atoms with Gasteiger partial charge in [0.05, 0.1) is 0 Å². The standard InChI is InChI=1S/C27H50N2P2/c1-7-25(3,4)31(26(5,6)8-2)20-21-14-13-15-22(21)27(30,23-16-9-11-18-28-23)24-17-10-12-19-29-24/h13-15,21,23-24,28-29H,7-12,16-20,30H2,1-6H3. The highest BCUT2D eigenvalue weighted by Gasteiger charge is 2.49. The second-order valence-electron chi connectivity index (χ2n) is 11.5. The van der Waals surface area contributed by atoms with Gasteiger partial charge in [-0.05, 0) is 73.7 Å². The molecule has 31 heavy (non-hydrogen) atoms. The molecule has 2 N–H and O–H groups in total. The van der Waals surface area contributed by atoms with Crippen LogP contribution in [0.3, 0.4) is 0 Å². The lowest BCUT2D eigenvalue weighted by atomic mass is 9.74. The van der Waals surface area contributed by atoms with Crippen molar-refractivity contribution >= 4 is 17.2 Å². The van der Waals surface area contributed by atoms with Crippen LogP contribution in [0.15, 0.2) is 23.8 Å². The predicted molar refractivity (Wildman–Crippen MR) is 145 cm³/mol. The van der Waals surface area contributed by atoms with E-state index in [-0.39, 0.29) is 13.1 Å². The summed E-state index contributed by atoms with van der Waals surface area (Å²) in [6.07, 6.45) is 19.3. The van der Waals surface area contributed by atoms with Crippen molar-refractivity contribution in [3.63, 3.8) is 0 Å². The van der Waals surface area contributed by atoms with Gasteiger partial charge in [0.15, 0.2) is 0 Å². The minimum atomic E-state index is -0.109. The van der Waals surface area contributed by atoms with E-state index in [0.29, 0.717) is 28.3 Å². The second kappa shape index (κ2) is 10.7. The molecule has 0 aromatic carbocycles. The van der Waals surface area contributed by atoms with Gasteiger partial charge in [0.25, 0.3) is 0 Å². The molecule has 0 aromatic rings. The third-order valence-corrected chi connectivity index (χ3v) is 14.3. The average Bonchev–Trinajstić information content (AvgIpc) is 3.27. The van der Waals surface area contributed by atoms with Crippen LogP contribution in [0.5, 0.6) is 0 Å². The van der Waals surface area contributed by atoms with Crippen LogP contribution in [-0.4, -0.2) is 46.8 Å². The fraction of sp³-hybridized carbons (Fsp3) is 0.852. The van der Waals surface area contributed by atoms with Gasteiger partial charge in [-0.2, -0.15) is 0 Å². The Labute approximate surface area is 197 Å². The Balaban J connectivity index is 1.92. The first-order valence-electron chi connectivity index (χ1n) is 13.1. The molecule has 178 valence electrons. The summed E-state index contributed by atoms with van der Waals surface area (Å²) in [5.74, 6) is 0.590. The van der Waals surface area contributed by atoms with Crippen molar-refractivity contribution in [3.05, 3.63) is 23.8 Å². The molecule has 0 bridgehead atoms. The quantitative estimate of drug-likeness (QED) is 0.364. The largest absolute Gasteiger partial charge is 0.313 e. The molecule has 4 unspecified atom stereocenters. The summed E-state index contributed by atoms with van der Waals surface area (Å²) in [5, 5.41) is 8.91. The van der Waals surface area contributed by atoms with Crippen molar-refractivity contribution < 1.29 is 0 Å². The summed E-state index contributed by atoms with van der Waals surface area (Å²) >= 11 is 0. The van der Waals surface area contributed by atoms with Crippen molar-refractivity contribution in [2.75, 3.05) is 19.3 Å². The van der Waals surface area contributed by atoms with Crippen LogP contribution >= 0.6 is 17.2 Å². The van der Waals surface area contributed by atoms with Crippen LogP contribution in [-0.2, 0) is 0 Å². The van der Waals surface area contributed by atoms with Gasteiger partial charge in [-0.3, -0.25) is 0 Å². The first-order chi connectivity index (χ1) is 14.7. The normalized spacial score (nSPS) is 29.8. The minimum Gasteiger partial charge on any atom is -0.313 e. The SMILES string of the molecule is CCC(C)(C)P(CC1C=CC=C1C(P)(C1CCCCN1)C1CCCCN1)C(C)(C)CC. The lowest BCUT2D eigenvalue weighted by Gasteiger charge is -2.51. The number of hydrogen-bond donors (Lipinski definition) is 2. The number of allylic oxidation sites excluding steroid dienone is 3. The lowest BCUT2D eigenvalue weighted by Crippen LogP contribution is -2.62. The molecular formula is C27H50N2P2. The van der Waals surface area contributed by atoms with Gasteiger partial charge in [-0.15, -0.1) is 9.24 Å². The molecule has 3 rings (SSSR count). The maximum Gasteiger partial charge on any atom is 0.0370 e. The van der Waals surface area contributed by atoms with Crippen molar-refractivity contribution in [2.45, 2.75) is 120 Å². The molecule has 0 saturated carbocycles. The Morgan fingerprint density at radius 1 is 0.903 bits per heavy atom. The van der Waals surface area contributed by atoms with Crippen molar-refractivity contribution in [3.8, 4) is 0 Å². The summed E-state index contributed by atoms with van der Waals surface area (Å²) in [6.45, 7) is 17.3. The van der Waals surface area contributed by atoms with Crippen LogP contribution in [0, 0.1) is 5.92 Å². The number of nitrogens with one attached hydrogen (secondary N) is 2. The zero-order valence-corrected chi connectivity index (χ0v) is 23.3. The maximum absolute atomic E-state index is 3.97. The number of piperidine rings is 2. The van der Waals surface area contributed by atoms with E-state index in [4.69, 9.17) is 0 Å². The molecule has 2 aliphatic heterocycles. The van der Waals surface area contributed by atoms with Crippen molar-refractivity contribution in [2.24, 2.45) is 5.92 Å². The summed E-state index contributed by atoms with van der Waals surface area (Å²) in [6, 6.07) is 1.14. The molecular weight excluding hydrogens is 414 g/mol. The molecule has 3 aliphatic rings. The van der Waals surface area contributed by atoms with E-state index in [1.54, 1.807) is 5.57 Å². The van der Waals surface area contributed by atoms with Crippen LogP contribution < -0.4 is 10.6 Å². The molecule has 4 atom stereocenters. The summed E-state index contributed by atoms with van der Waals surface area (Å²) < 4.78 is 0. The Morgan fingerprint density at radius 3 is 1.84 bits per heavy atom. The van der Waals surface area contributed by atoms with Gasteiger partial charge < -0.3 is 10.6 Å². The first-order valence-corrected chi connectivity index (χ1v) is 15.2. The van der Waals surface area contributed by atoms with Crippen LogP contribution in [0.2, 0.25) is 0 Å². The maximum atomic E-state index is 3.97. The molecule has 0 aromatic heterocycles. The minimum absolute atomic E-state index is 0.109. The molecule has 2 fully saturated rings. The van der Waals surface area contributed by atoms with E-state index in [1.165, 1.54) is 70.6 Å². The molecule has 2 heterocycles. The summed E-state index contributed by atoms with van der Waals surface area (Å²) in [7, 11) is 3.33. The zero-order chi connectivity index (χ0) is 22.7. The fourth-order valence-electron chi connectivity index (χ4n) is 6.20.